The van der Waals surface area contributed by atoms with Crippen LogP contribution >= 0.6 is 0 Å². The summed E-state index contributed by atoms with van der Waals surface area (Å²) >= 11 is 0. The number of nitrogens with one attached hydrogen (secondary N) is 1. The minimum Gasteiger partial charge on any atom is -0.480 e. The summed E-state index contributed by atoms with van der Waals surface area (Å²) < 4.78 is 0. The summed E-state index contributed by atoms with van der Waals surface area (Å²) in [4.78, 5) is 24.3. The number of carboxylic acids is 1. The Kier molecular flexibility index (Phi) is 3.91. The van der Waals surface area contributed by atoms with Gasteiger partial charge in [-0.3, -0.25) is 14.5 Å². The predicted octanol–water partition coefficient (Wildman–Crippen LogP) is 0.450. The van der Waals surface area contributed by atoms with Gasteiger partial charge in [-0.2, -0.15) is 0 Å². The van der Waals surface area contributed by atoms with E-state index in [-0.39, 0.29) is 18.0 Å². The van der Waals surface area contributed by atoms with E-state index >= 15 is 0 Å². The van der Waals surface area contributed by atoms with E-state index in [2.05, 4.69) is 5.32 Å². The van der Waals surface area contributed by atoms with Gasteiger partial charge in [0.05, 0.1) is 6.54 Å². The van der Waals surface area contributed by atoms with Crippen LogP contribution in [0.15, 0.2) is 0 Å². The molecule has 5 nitrogen and oxygen atoms in total. The monoisotopic (exact) mass is 228 g/mol. The molecule has 1 saturated heterocycles. The molecule has 1 rings (SSSR count). The zero-order valence-electron chi connectivity index (χ0n) is 10.1. The lowest BCUT2D eigenvalue weighted by atomic mass is 10.1. The minimum absolute atomic E-state index is 0.111. The van der Waals surface area contributed by atoms with Crippen LogP contribution in [0, 0.1) is 0 Å². The molecule has 2 N–H and O–H groups in total. The first kappa shape index (κ1) is 13.0. The van der Waals surface area contributed by atoms with Crippen molar-refractivity contribution in [2.45, 2.75) is 45.2 Å². The average molecular weight is 228 g/mol. The first-order valence-electron chi connectivity index (χ1n) is 5.57. The average Bonchev–Trinajstić information content (AvgIpc) is 2.47. The molecule has 0 bridgehead atoms. The molecule has 0 aromatic rings. The van der Waals surface area contributed by atoms with Crippen LogP contribution < -0.4 is 5.32 Å². The van der Waals surface area contributed by atoms with Crippen molar-refractivity contribution >= 4 is 11.9 Å². The molecule has 0 aliphatic carbocycles. The highest BCUT2D eigenvalue weighted by Crippen LogP contribution is 2.16. The predicted molar refractivity (Wildman–Crippen MR) is 60.1 cm³/mol. The topological polar surface area (TPSA) is 69.6 Å². The summed E-state index contributed by atoms with van der Waals surface area (Å²) in [6, 6.07) is -0.495. The van der Waals surface area contributed by atoms with E-state index in [0.29, 0.717) is 13.0 Å². The Balaban J connectivity index is 2.47. The molecular weight excluding hydrogens is 208 g/mol. The Hall–Kier alpha value is -1.10. The zero-order valence-corrected chi connectivity index (χ0v) is 10.1. The van der Waals surface area contributed by atoms with Gasteiger partial charge in [0.25, 0.3) is 0 Å². The van der Waals surface area contributed by atoms with E-state index in [1.807, 2.05) is 20.8 Å². The van der Waals surface area contributed by atoms with Crippen LogP contribution in [0.1, 0.15) is 33.6 Å². The number of carbonyl (C=O) groups excluding carboxylic acids is 1. The van der Waals surface area contributed by atoms with Crippen molar-refractivity contribution in [3.05, 3.63) is 0 Å². The van der Waals surface area contributed by atoms with Crippen LogP contribution in [0.25, 0.3) is 0 Å². The summed E-state index contributed by atoms with van der Waals surface area (Å²) in [7, 11) is 0. The van der Waals surface area contributed by atoms with Crippen molar-refractivity contribution in [3.63, 3.8) is 0 Å². The van der Waals surface area contributed by atoms with Gasteiger partial charge in [-0.25, -0.2) is 0 Å². The van der Waals surface area contributed by atoms with Gasteiger partial charge >= 0.3 is 5.97 Å². The highest BCUT2D eigenvalue weighted by molar-refractivity contribution is 5.80. The fraction of sp³-hybridized carbons (Fsp3) is 0.818. The molecule has 0 radical (unpaired) electrons. The Morgan fingerprint density at radius 2 is 2.06 bits per heavy atom. The van der Waals surface area contributed by atoms with Crippen LogP contribution in [0.5, 0.6) is 0 Å². The molecule has 1 aliphatic rings. The molecule has 1 heterocycles. The second kappa shape index (κ2) is 4.82. The normalized spacial score (nSPS) is 22.1. The molecule has 92 valence electrons. The lowest BCUT2D eigenvalue weighted by molar-refractivity contribution is -0.142. The third kappa shape index (κ3) is 3.81. The van der Waals surface area contributed by atoms with E-state index < -0.39 is 12.0 Å². The Morgan fingerprint density at radius 1 is 1.44 bits per heavy atom. The van der Waals surface area contributed by atoms with Crippen LogP contribution in [0.3, 0.4) is 0 Å². The summed E-state index contributed by atoms with van der Waals surface area (Å²) in [5.74, 6) is -0.943. The van der Waals surface area contributed by atoms with Crippen molar-refractivity contribution in [1.29, 1.82) is 0 Å². The molecular formula is C11H20N2O3. The molecule has 0 saturated carbocycles. The van der Waals surface area contributed by atoms with Crippen LogP contribution in [0.2, 0.25) is 0 Å². The molecule has 1 aliphatic heterocycles. The van der Waals surface area contributed by atoms with Crippen molar-refractivity contribution in [3.8, 4) is 0 Å². The van der Waals surface area contributed by atoms with Gasteiger partial charge in [0.2, 0.25) is 5.91 Å². The van der Waals surface area contributed by atoms with Gasteiger partial charge in [-0.15, -0.1) is 0 Å². The van der Waals surface area contributed by atoms with Crippen LogP contribution in [-0.4, -0.2) is 46.6 Å². The van der Waals surface area contributed by atoms with Crippen molar-refractivity contribution in [1.82, 2.24) is 10.2 Å². The highest BCUT2D eigenvalue weighted by Gasteiger charge is 2.32. The zero-order chi connectivity index (χ0) is 12.3. The van der Waals surface area contributed by atoms with Gasteiger partial charge in [-0.1, -0.05) is 0 Å². The van der Waals surface area contributed by atoms with Crippen molar-refractivity contribution in [2.24, 2.45) is 0 Å². The summed E-state index contributed by atoms with van der Waals surface area (Å²) in [6.07, 6.45) is 1.48. The van der Waals surface area contributed by atoms with Crippen molar-refractivity contribution in [2.75, 3.05) is 13.1 Å². The Morgan fingerprint density at radius 3 is 2.56 bits per heavy atom. The second-order valence-electron chi connectivity index (χ2n) is 5.26. The maximum absolute atomic E-state index is 11.6. The number of hydrogen-bond acceptors (Lipinski definition) is 3. The molecule has 0 unspecified atom stereocenters. The van der Waals surface area contributed by atoms with Crippen LogP contribution in [0.4, 0.5) is 0 Å². The number of aliphatic carboxylic acids is 1. The quantitative estimate of drug-likeness (QED) is 0.736. The highest BCUT2D eigenvalue weighted by atomic mass is 16.4. The lowest BCUT2D eigenvalue weighted by Gasteiger charge is -2.25. The summed E-state index contributed by atoms with van der Waals surface area (Å²) in [5.41, 5.74) is -0.268. The molecule has 16 heavy (non-hydrogen) atoms. The van der Waals surface area contributed by atoms with Gasteiger partial charge in [0.15, 0.2) is 0 Å². The smallest absolute Gasteiger partial charge is 0.320 e. The van der Waals surface area contributed by atoms with Gasteiger partial charge in [-0.05, 0) is 40.2 Å². The molecule has 5 heteroatoms. The fourth-order valence-electron chi connectivity index (χ4n) is 1.94. The summed E-state index contributed by atoms with van der Waals surface area (Å²) in [5, 5.41) is 11.8. The Bertz CT molecular complexity index is 283. The fourth-order valence-corrected chi connectivity index (χ4v) is 1.94. The number of carbonyl (C=O) groups is 2. The van der Waals surface area contributed by atoms with E-state index in [1.54, 1.807) is 4.90 Å². The number of amides is 1. The molecule has 0 aromatic carbocycles. The third-order valence-corrected chi connectivity index (χ3v) is 2.51. The molecule has 1 atom stereocenters. The van der Waals surface area contributed by atoms with E-state index in [9.17, 15) is 9.59 Å². The molecule has 1 amide bonds. The molecule has 0 aromatic heterocycles. The minimum atomic E-state index is -0.832. The second-order valence-corrected chi connectivity index (χ2v) is 5.26. The van der Waals surface area contributed by atoms with Gasteiger partial charge < -0.3 is 10.4 Å². The third-order valence-electron chi connectivity index (χ3n) is 2.51. The number of likely N-dealkylation sites (tertiary alicyclic amines) is 1. The standard InChI is InChI=1S/C11H20N2O3/c1-11(2,3)12-9(14)7-13-6-4-5-8(13)10(15)16/h8H,4-7H2,1-3H3,(H,12,14)(H,15,16)/t8-/m0/s1. The van der Waals surface area contributed by atoms with E-state index in [0.717, 1.165) is 6.42 Å². The van der Waals surface area contributed by atoms with E-state index in [1.165, 1.54) is 0 Å². The van der Waals surface area contributed by atoms with E-state index in [4.69, 9.17) is 5.11 Å². The number of hydrogen-bond donors (Lipinski definition) is 2. The number of nitrogens with zero attached hydrogens (tertiary/aromatic N) is 1. The largest absolute Gasteiger partial charge is 0.480 e. The van der Waals surface area contributed by atoms with Gasteiger partial charge in [0, 0.05) is 5.54 Å². The van der Waals surface area contributed by atoms with Crippen LogP contribution in [-0.2, 0) is 9.59 Å². The Labute approximate surface area is 95.8 Å². The summed E-state index contributed by atoms with van der Waals surface area (Å²) in [6.45, 7) is 6.58. The first-order valence-corrected chi connectivity index (χ1v) is 5.57. The molecule has 1 fully saturated rings. The lowest BCUT2D eigenvalue weighted by Crippen LogP contribution is -2.48. The number of rotatable bonds is 3. The van der Waals surface area contributed by atoms with Crippen molar-refractivity contribution < 1.29 is 14.7 Å². The van der Waals surface area contributed by atoms with Gasteiger partial charge in [0.1, 0.15) is 6.04 Å². The maximum Gasteiger partial charge on any atom is 0.320 e. The molecule has 0 spiro atoms. The first-order chi connectivity index (χ1) is 7.29. The SMILES string of the molecule is CC(C)(C)NC(=O)CN1CCC[C@H]1C(=O)O. The number of carboxylic acid groups (broad SMARTS) is 1. The maximum atomic E-state index is 11.6.